The zero-order valence-electron chi connectivity index (χ0n) is 11.3. The topological polar surface area (TPSA) is 90.0 Å². The minimum Gasteiger partial charge on any atom is -0.399 e. The highest BCUT2D eigenvalue weighted by Gasteiger charge is 2.17. The smallest absolute Gasteiger partial charge is 0.255 e. The molecule has 0 radical (unpaired) electrons. The number of carbonyl (C=O) groups is 1. The largest absolute Gasteiger partial charge is 0.399 e. The zero-order valence-corrected chi connectivity index (χ0v) is 11.3. The average molecular weight is 267 g/mol. The SMILES string of the molecule is CN(C)C(=O)c1ccc(N)cc1N(CCO)CCO. The number of amides is 1. The van der Waals surface area contributed by atoms with E-state index in [0.29, 0.717) is 30.0 Å². The van der Waals surface area contributed by atoms with Gasteiger partial charge in [0.25, 0.3) is 5.91 Å². The zero-order chi connectivity index (χ0) is 14.4. The summed E-state index contributed by atoms with van der Waals surface area (Å²) in [5.74, 6) is -0.143. The van der Waals surface area contributed by atoms with Crippen LogP contribution in [0.25, 0.3) is 0 Å². The number of nitrogens with two attached hydrogens (primary N) is 1. The van der Waals surface area contributed by atoms with E-state index in [0.717, 1.165) is 0 Å². The molecule has 0 bridgehead atoms. The third-order valence-corrected chi connectivity index (χ3v) is 2.74. The molecule has 0 aliphatic carbocycles. The van der Waals surface area contributed by atoms with Gasteiger partial charge in [-0.15, -0.1) is 0 Å². The van der Waals surface area contributed by atoms with Crippen molar-refractivity contribution in [3.8, 4) is 0 Å². The van der Waals surface area contributed by atoms with E-state index in [2.05, 4.69) is 0 Å². The van der Waals surface area contributed by atoms with Gasteiger partial charge in [0.1, 0.15) is 0 Å². The van der Waals surface area contributed by atoms with Crippen LogP contribution >= 0.6 is 0 Å². The Kier molecular flexibility index (Phi) is 5.59. The maximum absolute atomic E-state index is 12.1. The van der Waals surface area contributed by atoms with Crippen molar-refractivity contribution in [1.29, 1.82) is 0 Å². The van der Waals surface area contributed by atoms with E-state index in [9.17, 15) is 4.79 Å². The molecule has 6 heteroatoms. The van der Waals surface area contributed by atoms with Gasteiger partial charge in [-0.25, -0.2) is 0 Å². The first-order chi connectivity index (χ1) is 9.01. The van der Waals surface area contributed by atoms with Crippen molar-refractivity contribution in [3.05, 3.63) is 23.8 Å². The molecular formula is C13H21N3O3. The molecule has 0 spiro atoms. The molecule has 1 aromatic carbocycles. The summed E-state index contributed by atoms with van der Waals surface area (Å²) in [6.07, 6.45) is 0. The van der Waals surface area contributed by atoms with E-state index in [1.807, 2.05) is 0 Å². The molecule has 0 aliphatic heterocycles. The van der Waals surface area contributed by atoms with Crippen molar-refractivity contribution >= 4 is 17.3 Å². The number of carbonyl (C=O) groups excluding carboxylic acids is 1. The standard InChI is InChI=1S/C13H21N3O3/c1-15(2)13(19)11-4-3-10(14)9-12(11)16(5-7-17)6-8-18/h3-4,9,17-18H,5-8,14H2,1-2H3. The number of nitrogens with zero attached hydrogens (tertiary/aromatic N) is 2. The summed E-state index contributed by atoms with van der Waals surface area (Å²) in [4.78, 5) is 15.3. The van der Waals surface area contributed by atoms with Crippen LogP contribution in [-0.2, 0) is 0 Å². The van der Waals surface area contributed by atoms with E-state index in [1.54, 1.807) is 37.2 Å². The Balaban J connectivity index is 3.21. The Labute approximate surface area is 113 Å². The molecular weight excluding hydrogens is 246 g/mol. The normalized spacial score (nSPS) is 10.3. The van der Waals surface area contributed by atoms with Crippen LogP contribution in [0.5, 0.6) is 0 Å². The summed E-state index contributed by atoms with van der Waals surface area (Å²) in [6, 6.07) is 5.01. The van der Waals surface area contributed by atoms with Gasteiger partial charge in [-0.3, -0.25) is 4.79 Å². The Bertz CT molecular complexity index is 429. The highest BCUT2D eigenvalue weighted by Crippen LogP contribution is 2.24. The van der Waals surface area contributed by atoms with E-state index >= 15 is 0 Å². The fourth-order valence-corrected chi connectivity index (χ4v) is 1.83. The molecule has 0 aromatic heterocycles. The Hall–Kier alpha value is -1.79. The van der Waals surface area contributed by atoms with Gasteiger partial charge in [-0.2, -0.15) is 0 Å². The molecule has 1 amide bonds. The van der Waals surface area contributed by atoms with Crippen molar-refractivity contribution in [2.75, 3.05) is 51.0 Å². The Morgan fingerprint density at radius 3 is 2.26 bits per heavy atom. The van der Waals surface area contributed by atoms with Crippen molar-refractivity contribution < 1.29 is 15.0 Å². The monoisotopic (exact) mass is 267 g/mol. The minimum absolute atomic E-state index is 0.0651. The van der Waals surface area contributed by atoms with Crippen LogP contribution in [0.2, 0.25) is 0 Å². The molecule has 1 rings (SSSR count). The number of anilines is 2. The lowest BCUT2D eigenvalue weighted by Gasteiger charge is -2.26. The fraction of sp³-hybridized carbons (Fsp3) is 0.462. The number of hydrogen-bond donors (Lipinski definition) is 3. The van der Waals surface area contributed by atoms with Crippen molar-refractivity contribution in [2.45, 2.75) is 0 Å². The number of hydrogen-bond acceptors (Lipinski definition) is 5. The van der Waals surface area contributed by atoms with E-state index < -0.39 is 0 Å². The molecule has 0 aliphatic rings. The third-order valence-electron chi connectivity index (χ3n) is 2.74. The molecule has 0 fully saturated rings. The number of nitrogen functional groups attached to an aromatic ring is 1. The van der Waals surface area contributed by atoms with E-state index in [1.165, 1.54) is 4.90 Å². The van der Waals surface area contributed by atoms with Crippen LogP contribution in [0.15, 0.2) is 18.2 Å². The summed E-state index contributed by atoms with van der Waals surface area (Å²) >= 11 is 0. The van der Waals surface area contributed by atoms with Crippen molar-refractivity contribution in [1.82, 2.24) is 4.90 Å². The lowest BCUT2D eigenvalue weighted by molar-refractivity contribution is 0.0828. The number of benzene rings is 1. The van der Waals surface area contributed by atoms with Crippen molar-refractivity contribution in [2.24, 2.45) is 0 Å². The van der Waals surface area contributed by atoms with Crippen LogP contribution in [0.3, 0.4) is 0 Å². The molecule has 0 unspecified atom stereocenters. The van der Waals surface area contributed by atoms with E-state index in [-0.39, 0.29) is 19.1 Å². The quantitative estimate of drug-likeness (QED) is 0.619. The highest BCUT2D eigenvalue weighted by molar-refractivity contribution is 6.00. The van der Waals surface area contributed by atoms with Gasteiger partial charge >= 0.3 is 0 Å². The Morgan fingerprint density at radius 1 is 1.21 bits per heavy atom. The van der Waals surface area contributed by atoms with Crippen LogP contribution in [0.4, 0.5) is 11.4 Å². The Morgan fingerprint density at radius 2 is 1.79 bits per heavy atom. The average Bonchev–Trinajstić information content (AvgIpc) is 2.37. The fourth-order valence-electron chi connectivity index (χ4n) is 1.83. The molecule has 106 valence electrons. The molecule has 19 heavy (non-hydrogen) atoms. The molecule has 0 atom stereocenters. The first-order valence-corrected chi connectivity index (χ1v) is 6.09. The van der Waals surface area contributed by atoms with Crippen molar-refractivity contribution in [3.63, 3.8) is 0 Å². The van der Waals surface area contributed by atoms with Gasteiger partial charge in [0, 0.05) is 32.9 Å². The molecule has 4 N–H and O–H groups in total. The minimum atomic E-state index is -0.143. The van der Waals surface area contributed by atoms with Gasteiger partial charge in [-0.1, -0.05) is 0 Å². The van der Waals surface area contributed by atoms with Gasteiger partial charge in [0.05, 0.1) is 24.5 Å². The second-order valence-electron chi connectivity index (χ2n) is 4.41. The predicted molar refractivity (Wildman–Crippen MR) is 75.3 cm³/mol. The van der Waals surface area contributed by atoms with Gasteiger partial charge in [0.15, 0.2) is 0 Å². The maximum Gasteiger partial charge on any atom is 0.255 e. The van der Waals surface area contributed by atoms with Crippen LogP contribution in [0.1, 0.15) is 10.4 Å². The van der Waals surface area contributed by atoms with Crippen LogP contribution < -0.4 is 10.6 Å². The van der Waals surface area contributed by atoms with Gasteiger partial charge in [0.2, 0.25) is 0 Å². The first kappa shape index (κ1) is 15.3. The second kappa shape index (κ2) is 6.96. The van der Waals surface area contributed by atoms with E-state index in [4.69, 9.17) is 15.9 Å². The lowest BCUT2D eigenvalue weighted by Crippen LogP contribution is -2.32. The summed E-state index contributed by atoms with van der Waals surface area (Å²) < 4.78 is 0. The highest BCUT2D eigenvalue weighted by atomic mass is 16.3. The molecule has 0 heterocycles. The molecule has 0 saturated carbocycles. The van der Waals surface area contributed by atoms with Gasteiger partial charge in [-0.05, 0) is 18.2 Å². The molecule has 1 aromatic rings. The number of aliphatic hydroxyl groups excluding tert-OH is 2. The van der Waals surface area contributed by atoms with Gasteiger partial charge < -0.3 is 25.7 Å². The summed E-state index contributed by atoms with van der Waals surface area (Å²) in [5, 5.41) is 18.2. The van der Waals surface area contributed by atoms with Crippen LogP contribution in [-0.4, -0.2) is 61.4 Å². The number of rotatable bonds is 6. The third kappa shape index (κ3) is 3.84. The summed E-state index contributed by atoms with van der Waals surface area (Å²) in [5.41, 5.74) is 7.42. The summed E-state index contributed by atoms with van der Waals surface area (Å²) in [7, 11) is 3.34. The first-order valence-electron chi connectivity index (χ1n) is 6.09. The maximum atomic E-state index is 12.1. The number of aliphatic hydroxyl groups is 2. The lowest BCUT2D eigenvalue weighted by atomic mass is 10.1. The summed E-state index contributed by atoms with van der Waals surface area (Å²) in [6.45, 7) is 0.532. The molecule has 0 saturated heterocycles. The van der Waals surface area contributed by atoms with Crippen LogP contribution in [0, 0.1) is 0 Å². The second-order valence-corrected chi connectivity index (χ2v) is 4.41. The predicted octanol–water partition coefficient (Wildman–Crippen LogP) is -0.238. The molecule has 6 nitrogen and oxygen atoms in total.